The summed E-state index contributed by atoms with van der Waals surface area (Å²) in [4.78, 5) is 28.2. The third-order valence-electron chi connectivity index (χ3n) is 6.09. The molecule has 4 atom stereocenters. The topological polar surface area (TPSA) is 102 Å². The summed E-state index contributed by atoms with van der Waals surface area (Å²) in [7, 11) is 0. The third kappa shape index (κ3) is 6.32. The van der Waals surface area contributed by atoms with Crippen molar-refractivity contribution in [1.29, 1.82) is 0 Å². The molecule has 0 aromatic heterocycles. The minimum Gasteiger partial charge on any atom is -0.396 e. The lowest BCUT2D eigenvalue weighted by Crippen LogP contribution is -2.58. The Hall–Kier alpha value is -2.40. The largest absolute Gasteiger partial charge is 0.396 e. The van der Waals surface area contributed by atoms with Gasteiger partial charge >= 0.3 is 0 Å². The molecule has 0 bridgehead atoms. The first-order valence-corrected chi connectivity index (χ1v) is 11.2. The lowest BCUT2D eigenvalue weighted by atomic mass is 9.80. The first-order chi connectivity index (χ1) is 15.0. The van der Waals surface area contributed by atoms with Crippen LogP contribution >= 0.6 is 0 Å². The van der Waals surface area contributed by atoms with Crippen molar-refractivity contribution in [2.24, 2.45) is 5.41 Å². The molecule has 0 unspecified atom stereocenters. The van der Waals surface area contributed by atoms with E-state index < -0.39 is 23.6 Å². The predicted octanol–water partition coefficient (Wildman–Crippen LogP) is 1.58. The van der Waals surface area contributed by atoms with Crippen LogP contribution in [0.3, 0.4) is 0 Å². The van der Waals surface area contributed by atoms with Gasteiger partial charge in [0, 0.05) is 31.2 Å². The van der Waals surface area contributed by atoms with E-state index in [9.17, 15) is 19.8 Å². The number of nitrogens with one attached hydrogen (secondary N) is 2. The fourth-order valence-corrected chi connectivity index (χ4v) is 4.13. The van der Waals surface area contributed by atoms with Gasteiger partial charge in [0.2, 0.25) is 11.8 Å². The first-order valence-electron chi connectivity index (χ1n) is 11.2. The van der Waals surface area contributed by atoms with Crippen LogP contribution in [-0.2, 0) is 9.59 Å². The van der Waals surface area contributed by atoms with Crippen molar-refractivity contribution in [2.75, 3.05) is 13.2 Å². The zero-order valence-electron chi connectivity index (χ0n) is 19.8. The van der Waals surface area contributed by atoms with Crippen molar-refractivity contribution < 1.29 is 19.8 Å². The number of rotatable bonds is 9. The molecule has 4 N–H and O–H groups in total. The van der Waals surface area contributed by atoms with E-state index >= 15 is 0 Å². The Kier molecular flexibility index (Phi) is 8.85. The molecular formula is C25H37N3O4. The number of β-amino-alcohol motifs (C(OH)–C–C–N with tert-alkyl or cyclic N) is 1. The molecule has 1 fully saturated rings. The molecule has 2 amide bonds. The highest BCUT2D eigenvalue weighted by molar-refractivity contribution is 5.91. The highest BCUT2D eigenvalue weighted by Crippen LogP contribution is 2.30. The van der Waals surface area contributed by atoms with Gasteiger partial charge < -0.3 is 25.7 Å². The summed E-state index contributed by atoms with van der Waals surface area (Å²) < 4.78 is 0. The number of nitrogens with zero attached hydrogens (tertiary/aromatic N) is 1. The smallest absolute Gasteiger partial charge is 0.243 e. The Balaban J connectivity index is 2.20. The lowest BCUT2D eigenvalue weighted by Gasteiger charge is -2.38. The van der Waals surface area contributed by atoms with Crippen LogP contribution < -0.4 is 10.6 Å². The molecule has 0 spiro atoms. The summed E-state index contributed by atoms with van der Waals surface area (Å²) in [5, 5.41) is 26.1. The molecule has 0 aliphatic carbocycles. The van der Waals surface area contributed by atoms with E-state index in [-0.39, 0.29) is 43.5 Å². The Morgan fingerprint density at radius 3 is 2.41 bits per heavy atom. The van der Waals surface area contributed by atoms with Gasteiger partial charge in [-0.05, 0) is 36.5 Å². The summed E-state index contributed by atoms with van der Waals surface area (Å²) in [5.41, 5.74) is 1.13. The Labute approximate surface area is 191 Å². The first kappa shape index (κ1) is 25.9. The number of hydrogen-bond acceptors (Lipinski definition) is 5. The summed E-state index contributed by atoms with van der Waals surface area (Å²) in [6.45, 7) is 9.67. The predicted molar refractivity (Wildman–Crippen MR) is 125 cm³/mol. The van der Waals surface area contributed by atoms with E-state index in [1.165, 1.54) is 4.90 Å². The number of hydrogen-bond donors (Lipinski definition) is 4. The molecule has 176 valence electrons. The van der Waals surface area contributed by atoms with Gasteiger partial charge in [-0.15, -0.1) is 6.42 Å². The normalized spacial score (nSPS) is 20.7. The number of aliphatic hydroxyl groups excluding tert-OH is 2. The van der Waals surface area contributed by atoms with E-state index in [1.54, 1.807) is 0 Å². The van der Waals surface area contributed by atoms with E-state index in [0.29, 0.717) is 6.42 Å². The van der Waals surface area contributed by atoms with Crippen LogP contribution in [0.5, 0.6) is 0 Å². The van der Waals surface area contributed by atoms with E-state index in [4.69, 9.17) is 6.42 Å². The summed E-state index contributed by atoms with van der Waals surface area (Å²) >= 11 is 0. The second-order valence-corrected chi connectivity index (χ2v) is 9.61. The second-order valence-electron chi connectivity index (χ2n) is 9.61. The summed E-state index contributed by atoms with van der Waals surface area (Å²) in [6.07, 6.45) is 5.26. The fourth-order valence-electron chi connectivity index (χ4n) is 4.13. The molecule has 1 aliphatic heterocycles. The van der Waals surface area contributed by atoms with Gasteiger partial charge in [0.05, 0.1) is 18.2 Å². The van der Waals surface area contributed by atoms with Crippen LogP contribution in [-0.4, -0.2) is 64.3 Å². The van der Waals surface area contributed by atoms with Crippen molar-refractivity contribution in [3.63, 3.8) is 0 Å². The van der Waals surface area contributed by atoms with Gasteiger partial charge in [0.15, 0.2) is 0 Å². The van der Waals surface area contributed by atoms with Crippen LogP contribution in [0.2, 0.25) is 0 Å². The van der Waals surface area contributed by atoms with Crippen LogP contribution in [0.25, 0.3) is 0 Å². The molecule has 1 aliphatic rings. The highest BCUT2D eigenvalue weighted by atomic mass is 16.3. The molecular weight excluding hydrogens is 406 g/mol. The summed E-state index contributed by atoms with van der Waals surface area (Å²) in [6, 6.07) is 5.78. The average molecular weight is 444 g/mol. The molecule has 7 nitrogen and oxygen atoms in total. The highest BCUT2D eigenvalue weighted by Gasteiger charge is 2.45. The quantitative estimate of drug-likeness (QED) is 0.434. The molecule has 1 aromatic rings. The van der Waals surface area contributed by atoms with Gasteiger partial charge in [-0.1, -0.05) is 45.7 Å². The van der Waals surface area contributed by atoms with Gasteiger partial charge in [0.1, 0.15) is 6.04 Å². The molecule has 32 heavy (non-hydrogen) atoms. The Bertz CT molecular complexity index is 829. The van der Waals surface area contributed by atoms with Gasteiger partial charge in [-0.3, -0.25) is 9.59 Å². The lowest BCUT2D eigenvalue weighted by molar-refractivity contribution is -0.143. The maximum Gasteiger partial charge on any atom is 0.243 e. The number of aliphatic hydroxyl groups is 2. The minimum absolute atomic E-state index is 0.0349. The molecule has 0 saturated carbocycles. The number of likely N-dealkylation sites (tertiary alicyclic amines) is 1. The molecule has 1 heterocycles. The fraction of sp³-hybridized carbons (Fsp3) is 0.600. The number of amides is 2. The third-order valence-corrected chi connectivity index (χ3v) is 6.09. The zero-order valence-corrected chi connectivity index (χ0v) is 19.8. The maximum absolute atomic E-state index is 13.6. The van der Waals surface area contributed by atoms with Gasteiger partial charge in [-0.2, -0.15) is 0 Å². The number of carbonyl (C=O) groups is 2. The summed E-state index contributed by atoms with van der Waals surface area (Å²) in [5.74, 6) is 2.03. The van der Waals surface area contributed by atoms with Crippen molar-refractivity contribution >= 4 is 11.8 Å². The molecule has 1 saturated heterocycles. The molecule has 0 radical (unpaired) electrons. The maximum atomic E-state index is 13.6. The van der Waals surface area contributed by atoms with Gasteiger partial charge in [0.25, 0.3) is 0 Å². The van der Waals surface area contributed by atoms with Crippen molar-refractivity contribution in [3.05, 3.63) is 35.4 Å². The van der Waals surface area contributed by atoms with Crippen LogP contribution in [0, 0.1) is 17.8 Å². The van der Waals surface area contributed by atoms with Crippen molar-refractivity contribution in [1.82, 2.24) is 15.5 Å². The SMILES string of the molecule is C#Cc1ccc([C@H](C)NC(=O)[C@@H]2C[C@@H](O)CN2C(=O)[C@@H](NC(C)C)C(C)(C)CCO)cc1. The Morgan fingerprint density at radius 2 is 1.88 bits per heavy atom. The average Bonchev–Trinajstić information content (AvgIpc) is 3.13. The monoisotopic (exact) mass is 443 g/mol. The number of benzene rings is 1. The molecule has 2 rings (SSSR count). The van der Waals surface area contributed by atoms with Crippen LogP contribution in [0.1, 0.15) is 64.6 Å². The van der Waals surface area contributed by atoms with Crippen LogP contribution in [0.4, 0.5) is 0 Å². The van der Waals surface area contributed by atoms with E-state index in [0.717, 1.165) is 11.1 Å². The minimum atomic E-state index is -0.763. The molecule has 1 aromatic carbocycles. The van der Waals surface area contributed by atoms with Crippen molar-refractivity contribution in [3.8, 4) is 12.3 Å². The number of terminal acetylenes is 1. The standard InChI is InChI=1S/C25H37N3O4/c1-7-18-8-10-19(11-9-18)17(4)27-23(31)21-14-20(30)15-28(21)24(32)22(26-16(2)3)25(5,6)12-13-29/h1,8-11,16-17,20-22,26,29-30H,12-15H2,2-6H3,(H,27,31)/t17-,20+,21-,22+/m0/s1. The second kappa shape index (κ2) is 11.0. The van der Waals surface area contributed by atoms with Crippen molar-refractivity contribution in [2.45, 2.75) is 77.7 Å². The number of carbonyl (C=O) groups excluding carboxylic acids is 2. The van der Waals surface area contributed by atoms with Crippen LogP contribution in [0.15, 0.2) is 24.3 Å². The van der Waals surface area contributed by atoms with E-state index in [2.05, 4.69) is 16.6 Å². The zero-order chi connectivity index (χ0) is 24.1. The molecule has 7 heteroatoms. The van der Waals surface area contributed by atoms with E-state index in [1.807, 2.05) is 58.9 Å². The Morgan fingerprint density at radius 1 is 1.25 bits per heavy atom. The van der Waals surface area contributed by atoms with Gasteiger partial charge in [-0.25, -0.2) is 0 Å².